The van der Waals surface area contributed by atoms with Crippen LogP contribution in [0.3, 0.4) is 0 Å². The Labute approximate surface area is 116 Å². The molecule has 0 spiro atoms. The second kappa shape index (κ2) is 4.57. The molecule has 2 fully saturated rings. The van der Waals surface area contributed by atoms with Crippen molar-refractivity contribution >= 4 is 6.01 Å². The van der Waals surface area contributed by atoms with Crippen molar-refractivity contribution in [2.45, 2.75) is 44.4 Å². The van der Waals surface area contributed by atoms with E-state index in [4.69, 9.17) is 9.05 Å². The molecule has 106 valence electrons. The van der Waals surface area contributed by atoms with Crippen LogP contribution in [-0.4, -0.2) is 33.4 Å². The van der Waals surface area contributed by atoms with E-state index in [0.29, 0.717) is 23.6 Å². The summed E-state index contributed by atoms with van der Waals surface area (Å²) in [4.78, 5) is 10.9. The highest BCUT2D eigenvalue weighted by Gasteiger charge is 2.32. The van der Waals surface area contributed by atoms with Gasteiger partial charge in [-0.05, 0) is 26.2 Å². The molecule has 7 heteroatoms. The monoisotopic (exact) mass is 275 g/mol. The van der Waals surface area contributed by atoms with Crippen LogP contribution in [0.15, 0.2) is 9.05 Å². The number of nitrogens with zero attached hydrogens (tertiary/aromatic N) is 5. The van der Waals surface area contributed by atoms with Crippen molar-refractivity contribution in [1.82, 2.24) is 20.3 Å². The molecule has 2 aromatic heterocycles. The maximum atomic E-state index is 5.39. The average molecular weight is 275 g/mol. The lowest BCUT2D eigenvalue weighted by Crippen LogP contribution is -2.20. The van der Waals surface area contributed by atoms with Crippen molar-refractivity contribution in [3.63, 3.8) is 0 Å². The van der Waals surface area contributed by atoms with E-state index in [1.807, 2.05) is 6.92 Å². The number of hydrogen-bond acceptors (Lipinski definition) is 7. The Morgan fingerprint density at radius 3 is 2.65 bits per heavy atom. The van der Waals surface area contributed by atoms with Crippen LogP contribution in [0.4, 0.5) is 6.01 Å². The first kappa shape index (κ1) is 11.9. The van der Waals surface area contributed by atoms with Gasteiger partial charge in [0.2, 0.25) is 5.89 Å². The van der Waals surface area contributed by atoms with Crippen molar-refractivity contribution in [1.29, 1.82) is 0 Å². The van der Waals surface area contributed by atoms with Crippen molar-refractivity contribution in [2.75, 3.05) is 18.0 Å². The predicted molar refractivity (Wildman–Crippen MR) is 69.5 cm³/mol. The van der Waals surface area contributed by atoms with Gasteiger partial charge in [0.15, 0.2) is 11.6 Å². The molecule has 1 aliphatic heterocycles. The van der Waals surface area contributed by atoms with E-state index in [0.717, 1.165) is 25.3 Å². The molecule has 7 nitrogen and oxygen atoms in total. The average Bonchev–Trinajstić information content (AvgIpc) is 3.04. The zero-order valence-electron chi connectivity index (χ0n) is 11.4. The van der Waals surface area contributed by atoms with Crippen molar-refractivity contribution in [3.05, 3.63) is 17.5 Å². The molecule has 1 saturated carbocycles. The summed E-state index contributed by atoms with van der Waals surface area (Å²) in [7, 11) is 0. The fourth-order valence-electron chi connectivity index (χ4n) is 2.80. The first-order valence-electron chi connectivity index (χ1n) is 7.18. The van der Waals surface area contributed by atoms with Gasteiger partial charge in [-0.25, -0.2) is 0 Å². The SMILES string of the molecule is Cc1noc(C2CCN(c3nc(C4CCC4)no3)C2)n1. The summed E-state index contributed by atoms with van der Waals surface area (Å²) >= 11 is 0. The van der Waals surface area contributed by atoms with E-state index in [9.17, 15) is 0 Å². The molecule has 1 saturated heterocycles. The molecule has 4 rings (SSSR count). The zero-order chi connectivity index (χ0) is 13.5. The maximum Gasteiger partial charge on any atom is 0.324 e. The van der Waals surface area contributed by atoms with Crippen LogP contribution in [-0.2, 0) is 0 Å². The normalized spacial score (nSPS) is 23.2. The third kappa shape index (κ3) is 1.97. The molecule has 2 aromatic rings. The molecule has 0 radical (unpaired) electrons. The van der Waals surface area contributed by atoms with E-state index in [1.54, 1.807) is 0 Å². The smallest absolute Gasteiger partial charge is 0.324 e. The number of hydrogen-bond donors (Lipinski definition) is 0. The van der Waals surface area contributed by atoms with Gasteiger partial charge < -0.3 is 13.9 Å². The van der Waals surface area contributed by atoms with E-state index < -0.39 is 0 Å². The molecule has 3 heterocycles. The van der Waals surface area contributed by atoms with Crippen LogP contribution in [0.25, 0.3) is 0 Å². The fraction of sp³-hybridized carbons (Fsp3) is 0.692. The standard InChI is InChI=1S/C13H17N5O2/c1-8-14-12(19-16-8)10-5-6-18(7-10)13-15-11(17-20-13)9-3-2-4-9/h9-10H,2-7H2,1H3. The number of anilines is 1. The minimum absolute atomic E-state index is 0.259. The van der Waals surface area contributed by atoms with E-state index in [2.05, 4.69) is 25.2 Å². The Morgan fingerprint density at radius 2 is 1.95 bits per heavy atom. The Hall–Kier alpha value is -1.92. The lowest BCUT2D eigenvalue weighted by molar-refractivity contribution is 0.354. The van der Waals surface area contributed by atoms with Crippen molar-refractivity contribution in [2.24, 2.45) is 0 Å². The molecule has 20 heavy (non-hydrogen) atoms. The Kier molecular flexibility index (Phi) is 2.71. The minimum atomic E-state index is 0.259. The fourth-order valence-corrected chi connectivity index (χ4v) is 2.80. The topological polar surface area (TPSA) is 81.1 Å². The van der Waals surface area contributed by atoms with Crippen LogP contribution >= 0.6 is 0 Å². The van der Waals surface area contributed by atoms with Crippen LogP contribution < -0.4 is 4.90 Å². The largest absolute Gasteiger partial charge is 0.339 e. The van der Waals surface area contributed by atoms with Gasteiger partial charge in [0.25, 0.3) is 0 Å². The molecule has 0 bridgehead atoms. The number of aromatic nitrogens is 4. The minimum Gasteiger partial charge on any atom is -0.339 e. The third-order valence-electron chi connectivity index (χ3n) is 4.25. The summed E-state index contributed by atoms with van der Waals surface area (Å²) in [6, 6.07) is 0.630. The highest BCUT2D eigenvalue weighted by molar-refractivity contribution is 5.29. The predicted octanol–water partition coefficient (Wildman–Crippen LogP) is 2.02. The van der Waals surface area contributed by atoms with Gasteiger partial charge in [0.1, 0.15) is 0 Å². The van der Waals surface area contributed by atoms with Gasteiger partial charge in [-0.1, -0.05) is 16.7 Å². The molecule has 0 aromatic carbocycles. The molecule has 0 N–H and O–H groups in total. The van der Waals surface area contributed by atoms with Gasteiger partial charge in [-0.2, -0.15) is 9.97 Å². The van der Waals surface area contributed by atoms with Crippen molar-refractivity contribution < 1.29 is 9.05 Å². The maximum absolute atomic E-state index is 5.39. The summed E-state index contributed by atoms with van der Waals surface area (Å²) in [6.07, 6.45) is 4.62. The second-order valence-electron chi connectivity index (χ2n) is 5.67. The number of aryl methyl sites for hydroxylation is 1. The molecule has 1 unspecified atom stereocenters. The lowest BCUT2D eigenvalue weighted by atomic mass is 9.85. The highest BCUT2D eigenvalue weighted by atomic mass is 16.5. The Balaban J connectivity index is 1.46. The van der Waals surface area contributed by atoms with Gasteiger partial charge in [-0.15, -0.1) is 0 Å². The van der Waals surface area contributed by atoms with Crippen LogP contribution in [0.5, 0.6) is 0 Å². The Morgan fingerprint density at radius 1 is 1.05 bits per heavy atom. The van der Waals surface area contributed by atoms with E-state index in [-0.39, 0.29) is 5.92 Å². The molecular formula is C13H17N5O2. The van der Waals surface area contributed by atoms with E-state index in [1.165, 1.54) is 19.3 Å². The molecule has 1 aliphatic carbocycles. The van der Waals surface area contributed by atoms with Crippen LogP contribution in [0.2, 0.25) is 0 Å². The summed E-state index contributed by atoms with van der Waals surface area (Å²) in [5.74, 6) is 3.02. The van der Waals surface area contributed by atoms with Crippen molar-refractivity contribution in [3.8, 4) is 0 Å². The summed E-state index contributed by atoms with van der Waals surface area (Å²) in [5.41, 5.74) is 0. The van der Waals surface area contributed by atoms with Crippen LogP contribution in [0, 0.1) is 6.92 Å². The first-order chi connectivity index (χ1) is 9.79. The van der Waals surface area contributed by atoms with Gasteiger partial charge in [0, 0.05) is 19.0 Å². The van der Waals surface area contributed by atoms with Gasteiger partial charge >= 0.3 is 6.01 Å². The molecular weight excluding hydrogens is 258 g/mol. The third-order valence-corrected chi connectivity index (χ3v) is 4.25. The van der Waals surface area contributed by atoms with E-state index >= 15 is 0 Å². The van der Waals surface area contributed by atoms with Gasteiger partial charge in [0.05, 0.1) is 5.92 Å². The van der Waals surface area contributed by atoms with Crippen LogP contribution in [0.1, 0.15) is 55.1 Å². The summed E-state index contributed by atoms with van der Waals surface area (Å²) < 4.78 is 10.6. The molecule has 1 atom stereocenters. The first-order valence-corrected chi connectivity index (χ1v) is 7.18. The summed E-state index contributed by atoms with van der Waals surface area (Å²) in [6.45, 7) is 3.52. The number of rotatable bonds is 3. The quantitative estimate of drug-likeness (QED) is 0.847. The lowest BCUT2D eigenvalue weighted by Gasteiger charge is -2.21. The molecule has 0 amide bonds. The zero-order valence-corrected chi connectivity index (χ0v) is 11.4. The summed E-state index contributed by atoms with van der Waals surface area (Å²) in [5, 5.41) is 7.95. The Bertz CT molecular complexity index is 603. The molecule has 2 aliphatic rings. The second-order valence-corrected chi connectivity index (χ2v) is 5.67. The van der Waals surface area contributed by atoms with Gasteiger partial charge in [-0.3, -0.25) is 0 Å². The highest BCUT2D eigenvalue weighted by Crippen LogP contribution is 2.36.